The van der Waals surface area contributed by atoms with Crippen LogP contribution < -0.4 is 5.32 Å². The average Bonchev–Trinajstić information content (AvgIpc) is 2.85. The molecule has 3 heteroatoms. The highest BCUT2D eigenvalue weighted by atomic mass is 16.5. The zero-order chi connectivity index (χ0) is 12.8. The number of ether oxygens (including phenoxy) is 1. The molecule has 1 N–H and O–H groups in total. The van der Waals surface area contributed by atoms with Gasteiger partial charge in [0.1, 0.15) is 0 Å². The van der Waals surface area contributed by atoms with Gasteiger partial charge in [-0.1, -0.05) is 6.42 Å². The Hall–Kier alpha value is -0.120. The number of hydrogen-bond donors (Lipinski definition) is 1. The Morgan fingerprint density at radius 1 is 1.17 bits per heavy atom. The number of likely N-dealkylation sites (N-methyl/N-ethyl adjacent to an activating group) is 1. The topological polar surface area (TPSA) is 24.5 Å². The van der Waals surface area contributed by atoms with Gasteiger partial charge in [-0.2, -0.15) is 0 Å². The molecule has 0 amide bonds. The van der Waals surface area contributed by atoms with E-state index in [0.29, 0.717) is 6.10 Å². The highest BCUT2D eigenvalue weighted by molar-refractivity contribution is 4.82. The normalized spacial score (nSPS) is 33.2. The largest absolute Gasteiger partial charge is 0.377 e. The first-order chi connectivity index (χ1) is 8.79. The molecular formula is C15H30N2O. The van der Waals surface area contributed by atoms with Crippen LogP contribution in [0, 0.1) is 5.92 Å². The van der Waals surface area contributed by atoms with E-state index < -0.39 is 0 Å². The standard InChI is InChI=1S/C15H30N2O/c1-16-15-8-5-6-13(15)9-10-17(2)12-14-7-3-4-11-18-14/h13-16H,3-12H2,1-2H3. The number of hydrogen-bond acceptors (Lipinski definition) is 3. The van der Waals surface area contributed by atoms with Crippen LogP contribution in [0.4, 0.5) is 0 Å². The van der Waals surface area contributed by atoms with Gasteiger partial charge in [-0.05, 0) is 65.1 Å². The third kappa shape index (κ3) is 4.22. The van der Waals surface area contributed by atoms with Crippen LogP contribution in [-0.4, -0.2) is 50.8 Å². The van der Waals surface area contributed by atoms with Crippen molar-refractivity contribution in [2.45, 2.75) is 57.1 Å². The summed E-state index contributed by atoms with van der Waals surface area (Å²) in [6.45, 7) is 3.32. The van der Waals surface area contributed by atoms with Crippen molar-refractivity contribution in [1.82, 2.24) is 10.2 Å². The van der Waals surface area contributed by atoms with E-state index >= 15 is 0 Å². The van der Waals surface area contributed by atoms with Crippen LogP contribution in [0.25, 0.3) is 0 Å². The molecule has 2 aliphatic rings. The second kappa shape index (κ2) is 7.46. The summed E-state index contributed by atoms with van der Waals surface area (Å²) < 4.78 is 5.81. The first kappa shape index (κ1) is 14.3. The Kier molecular flexibility index (Phi) is 5.93. The molecule has 3 unspecified atom stereocenters. The van der Waals surface area contributed by atoms with E-state index in [2.05, 4.69) is 24.3 Å². The molecule has 0 aromatic rings. The fraction of sp³-hybridized carbons (Fsp3) is 1.00. The van der Waals surface area contributed by atoms with Crippen LogP contribution in [-0.2, 0) is 4.74 Å². The molecule has 2 fully saturated rings. The average molecular weight is 254 g/mol. The number of nitrogens with one attached hydrogen (secondary N) is 1. The van der Waals surface area contributed by atoms with Crippen molar-refractivity contribution in [2.75, 3.05) is 33.8 Å². The molecule has 1 aliphatic carbocycles. The van der Waals surface area contributed by atoms with Gasteiger partial charge in [-0.3, -0.25) is 0 Å². The number of rotatable bonds is 6. The molecule has 1 saturated carbocycles. The van der Waals surface area contributed by atoms with E-state index in [1.807, 2.05) is 0 Å². The van der Waals surface area contributed by atoms with Crippen LogP contribution in [0.2, 0.25) is 0 Å². The van der Waals surface area contributed by atoms with Crippen LogP contribution in [0.15, 0.2) is 0 Å². The molecule has 18 heavy (non-hydrogen) atoms. The van der Waals surface area contributed by atoms with E-state index in [9.17, 15) is 0 Å². The van der Waals surface area contributed by atoms with E-state index in [1.165, 1.54) is 51.5 Å². The summed E-state index contributed by atoms with van der Waals surface area (Å²) in [6, 6.07) is 0.768. The lowest BCUT2D eigenvalue weighted by molar-refractivity contribution is -0.00215. The molecular weight excluding hydrogens is 224 g/mol. The third-order valence-corrected chi connectivity index (χ3v) is 4.70. The van der Waals surface area contributed by atoms with Gasteiger partial charge >= 0.3 is 0 Å². The second-order valence-corrected chi connectivity index (χ2v) is 6.13. The monoisotopic (exact) mass is 254 g/mol. The van der Waals surface area contributed by atoms with Gasteiger partial charge in [0.25, 0.3) is 0 Å². The van der Waals surface area contributed by atoms with Crippen LogP contribution >= 0.6 is 0 Å². The molecule has 0 spiro atoms. The summed E-state index contributed by atoms with van der Waals surface area (Å²) in [5.74, 6) is 0.893. The maximum Gasteiger partial charge on any atom is 0.0701 e. The summed E-state index contributed by atoms with van der Waals surface area (Å²) in [7, 11) is 4.36. The summed E-state index contributed by atoms with van der Waals surface area (Å²) in [5.41, 5.74) is 0. The summed E-state index contributed by atoms with van der Waals surface area (Å²) in [5, 5.41) is 3.48. The van der Waals surface area contributed by atoms with Crippen molar-refractivity contribution >= 4 is 0 Å². The first-order valence-electron chi connectivity index (χ1n) is 7.77. The van der Waals surface area contributed by atoms with E-state index in [-0.39, 0.29) is 0 Å². The minimum Gasteiger partial charge on any atom is -0.377 e. The Labute approximate surface area is 112 Å². The van der Waals surface area contributed by atoms with Crippen molar-refractivity contribution in [3.8, 4) is 0 Å². The quantitative estimate of drug-likeness (QED) is 0.787. The zero-order valence-electron chi connectivity index (χ0n) is 12.2. The van der Waals surface area contributed by atoms with Crippen LogP contribution in [0.1, 0.15) is 44.9 Å². The van der Waals surface area contributed by atoms with Crippen molar-refractivity contribution < 1.29 is 4.74 Å². The predicted molar refractivity (Wildman–Crippen MR) is 75.9 cm³/mol. The third-order valence-electron chi connectivity index (χ3n) is 4.70. The predicted octanol–water partition coefficient (Wildman–Crippen LogP) is 2.27. The summed E-state index contributed by atoms with van der Waals surface area (Å²) >= 11 is 0. The molecule has 3 nitrogen and oxygen atoms in total. The molecule has 0 bridgehead atoms. The van der Waals surface area contributed by atoms with E-state index in [0.717, 1.165) is 25.1 Å². The molecule has 3 atom stereocenters. The highest BCUT2D eigenvalue weighted by Crippen LogP contribution is 2.28. The Morgan fingerprint density at radius 3 is 2.78 bits per heavy atom. The highest BCUT2D eigenvalue weighted by Gasteiger charge is 2.26. The summed E-state index contributed by atoms with van der Waals surface area (Å²) in [4.78, 5) is 2.47. The SMILES string of the molecule is CNC1CCCC1CCN(C)CC1CCCCO1. The minimum absolute atomic E-state index is 0.493. The van der Waals surface area contributed by atoms with Crippen LogP contribution in [0.5, 0.6) is 0 Å². The van der Waals surface area contributed by atoms with Gasteiger partial charge < -0.3 is 15.0 Å². The molecule has 0 aromatic heterocycles. The fourth-order valence-electron chi connectivity index (χ4n) is 3.54. The Bertz CT molecular complexity index is 229. The van der Waals surface area contributed by atoms with E-state index in [1.54, 1.807) is 0 Å². The molecule has 106 valence electrons. The lowest BCUT2D eigenvalue weighted by atomic mass is 9.99. The zero-order valence-corrected chi connectivity index (χ0v) is 12.2. The molecule has 2 rings (SSSR count). The van der Waals surface area contributed by atoms with Crippen molar-refractivity contribution in [3.63, 3.8) is 0 Å². The van der Waals surface area contributed by atoms with E-state index in [4.69, 9.17) is 4.74 Å². The smallest absolute Gasteiger partial charge is 0.0701 e. The van der Waals surface area contributed by atoms with Gasteiger partial charge in [0, 0.05) is 19.2 Å². The lowest BCUT2D eigenvalue weighted by Gasteiger charge is -2.28. The van der Waals surface area contributed by atoms with Gasteiger partial charge in [-0.25, -0.2) is 0 Å². The maximum absolute atomic E-state index is 5.81. The molecule has 1 saturated heterocycles. The Balaban J connectivity index is 1.63. The Morgan fingerprint density at radius 2 is 2.06 bits per heavy atom. The first-order valence-corrected chi connectivity index (χ1v) is 7.77. The van der Waals surface area contributed by atoms with Gasteiger partial charge in [-0.15, -0.1) is 0 Å². The van der Waals surface area contributed by atoms with Gasteiger partial charge in [0.05, 0.1) is 6.10 Å². The summed E-state index contributed by atoms with van der Waals surface area (Å²) in [6.07, 6.45) is 9.89. The van der Waals surface area contributed by atoms with Crippen molar-refractivity contribution in [1.29, 1.82) is 0 Å². The fourth-order valence-corrected chi connectivity index (χ4v) is 3.54. The molecule has 1 aliphatic heterocycles. The maximum atomic E-state index is 5.81. The second-order valence-electron chi connectivity index (χ2n) is 6.13. The molecule has 1 heterocycles. The van der Waals surface area contributed by atoms with Gasteiger partial charge in [0.15, 0.2) is 0 Å². The molecule has 0 aromatic carbocycles. The molecule has 0 radical (unpaired) electrons. The lowest BCUT2D eigenvalue weighted by Crippen LogP contribution is -2.36. The van der Waals surface area contributed by atoms with Crippen molar-refractivity contribution in [2.24, 2.45) is 5.92 Å². The van der Waals surface area contributed by atoms with Crippen molar-refractivity contribution in [3.05, 3.63) is 0 Å². The van der Waals surface area contributed by atoms with Gasteiger partial charge in [0.2, 0.25) is 0 Å². The minimum atomic E-state index is 0.493. The van der Waals surface area contributed by atoms with Crippen LogP contribution in [0.3, 0.4) is 0 Å². The number of nitrogens with zero attached hydrogens (tertiary/aromatic N) is 1.